The van der Waals surface area contributed by atoms with Crippen LogP contribution in [0.5, 0.6) is 0 Å². The molecule has 0 saturated carbocycles. The van der Waals surface area contributed by atoms with Gasteiger partial charge in [0.05, 0.1) is 0 Å². The van der Waals surface area contributed by atoms with Gasteiger partial charge in [0.2, 0.25) is 0 Å². The molecule has 0 unspecified atom stereocenters. The van der Waals surface area contributed by atoms with Crippen LogP contribution in [0.3, 0.4) is 0 Å². The Morgan fingerprint density at radius 3 is 1.14 bits per heavy atom. The molecule has 0 saturated heterocycles. The summed E-state index contributed by atoms with van der Waals surface area (Å²) in [4.78, 5) is 0. The van der Waals surface area contributed by atoms with Gasteiger partial charge < -0.3 is 0 Å². The molecule has 7 heavy (non-hydrogen) atoms. The van der Waals surface area contributed by atoms with Gasteiger partial charge in [0.1, 0.15) is 0 Å². The Hall–Kier alpha value is 1.12. The highest BCUT2D eigenvalue weighted by molar-refractivity contribution is 8.93. The third kappa shape index (κ3) is 149. The first-order chi connectivity index (χ1) is 2.00. The summed E-state index contributed by atoms with van der Waals surface area (Å²) in [5, 5.41) is 0. The third-order valence-corrected chi connectivity index (χ3v) is 0. The van der Waals surface area contributed by atoms with E-state index < -0.39 is 10.4 Å². The normalized spacial score (nSPS) is 8.29. The highest BCUT2D eigenvalue weighted by Crippen LogP contribution is 1.59. The summed E-state index contributed by atoms with van der Waals surface area (Å²) in [5.74, 6) is 0. The molecule has 0 aliphatic rings. The van der Waals surface area contributed by atoms with Crippen molar-refractivity contribution < 1.29 is 17.5 Å². The van der Waals surface area contributed by atoms with Gasteiger partial charge in [-0.3, -0.25) is 9.11 Å². The maximum absolute atomic E-state index is 8.74. The maximum Gasteiger partial charge on any atom is 0.394 e. The zero-order valence-corrected chi connectivity index (χ0v) is 5.06. The van der Waals surface area contributed by atoms with Crippen molar-refractivity contribution in [1.29, 1.82) is 0 Å². The van der Waals surface area contributed by atoms with Crippen LogP contribution in [0.15, 0.2) is 0 Å². The summed E-state index contributed by atoms with van der Waals surface area (Å²) in [6.45, 7) is 0. The lowest BCUT2D eigenvalue weighted by Crippen LogP contribution is -1.89. The second kappa shape index (κ2) is 5.26. The topological polar surface area (TPSA) is 74.6 Å². The molecule has 0 aromatic heterocycles. The minimum Gasteiger partial charge on any atom is -0.264 e. The molecule has 0 fully saturated rings. The number of hydrogen-bond donors (Lipinski definition) is 2. The van der Waals surface area contributed by atoms with E-state index in [0.717, 1.165) is 0 Å². The predicted octanol–water partition coefficient (Wildman–Crippen LogP) is -0.991. The van der Waals surface area contributed by atoms with Crippen LogP contribution in [-0.2, 0) is 10.4 Å². The molecule has 0 heterocycles. The first-order valence-corrected chi connectivity index (χ1v) is 2.10. The van der Waals surface area contributed by atoms with Crippen LogP contribution in [0.4, 0.5) is 0 Å². The largest absolute Gasteiger partial charge is 0.394 e. The monoisotopic (exact) mass is 204 g/mol. The molecule has 0 aromatic carbocycles. The van der Waals surface area contributed by atoms with Crippen molar-refractivity contribution in [1.82, 2.24) is 0 Å². The average molecular weight is 205 g/mol. The highest BCUT2D eigenvalue weighted by atomic mass is 79.9. The Morgan fingerprint density at radius 1 is 1.14 bits per heavy atom. The van der Waals surface area contributed by atoms with E-state index in [2.05, 4.69) is 0 Å². The molecular formula is H5BrMgO4S. The minimum absolute atomic E-state index is 0. The Morgan fingerprint density at radius 2 is 1.14 bits per heavy atom. The minimum atomic E-state index is -4.67. The summed E-state index contributed by atoms with van der Waals surface area (Å²) in [6, 6.07) is 0. The number of rotatable bonds is 0. The van der Waals surface area contributed by atoms with E-state index in [9.17, 15) is 0 Å². The van der Waals surface area contributed by atoms with E-state index in [4.69, 9.17) is 17.5 Å². The second-order valence-corrected chi connectivity index (χ2v) is 1.34. The molecule has 0 aliphatic heterocycles. The van der Waals surface area contributed by atoms with E-state index >= 15 is 0 Å². The molecule has 0 rings (SSSR count). The van der Waals surface area contributed by atoms with Gasteiger partial charge in [-0.25, -0.2) is 0 Å². The standard InChI is InChI=1S/BrH.Mg.H2O4S.2H/c;;1-5(2,3)4;;/h1H;;(H2,1,2,3,4);;. The summed E-state index contributed by atoms with van der Waals surface area (Å²) >= 11 is 0. The lowest BCUT2D eigenvalue weighted by atomic mass is 15.8. The van der Waals surface area contributed by atoms with E-state index in [0.29, 0.717) is 0 Å². The van der Waals surface area contributed by atoms with Gasteiger partial charge in [-0.1, -0.05) is 0 Å². The SMILES string of the molecule is Br.O=S(=O)(O)O.[MgH2]. The Labute approximate surface area is 67.8 Å². The fraction of sp³-hybridized carbons (Fsp3) is 0. The van der Waals surface area contributed by atoms with Gasteiger partial charge in [0.15, 0.2) is 0 Å². The summed E-state index contributed by atoms with van der Waals surface area (Å²) in [5.41, 5.74) is 0. The van der Waals surface area contributed by atoms with Crippen molar-refractivity contribution >= 4 is 50.4 Å². The lowest BCUT2D eigenvalue weighted by molar-refractivity contribution is 0.381. The predicted molar refractivity (Wildman–Crippen MR) is 33.0 cm³/mol. The summed E-state index contributed by atoms with van der Waals surface area (Å²) in [7, 11) is -4.67. The van der Waals surface area contributed by atoms with Gasteiger partial charge in [0, 0.05) is 0 Å². The Kier molecular flexibility index (Phi) is 11.8. The first-order valence-electron chi connectivity index (χ1n) is 0.698. The van der Waals surface area contributed by atoms with Crippen molar-refractivity contribution in [3.8, 4) is 0 Å². The number of hydrogen-bond acceptors (Lipinski definition) is 2. The van der Waals surface area contributed by atoms with Crippen molar-refractivity contribution in [2.75, 3.05) is 0 Å². The molecule has 4 nitrogen and oxygen atoms in total. The molecule has 44 valence electrons. The van der Waals surface area contributed by atoms with E-state index in [1.54, 1.807) is 0 Å². The highest BCUT2D eigenvalue weighted by Gasteiger charge is 1.84. The van der Waals surface area contributed by atoms with Crippen LogP contribution in [-0.4, -0.2) is 40.6 Å². The van der Waals surface area contributed by atoms with Crippen LogP contribution in [0.25, 0.3) is 0 Å². The van der Waals surface area contributed by atoms with E-state index in [1.807, 2.05) is 0 Å². The zero-order chi connectivity index (χ0) is 4.50. The van der Waals surface area contributed by atoms with Crippen LogP contribution in [0.1, 0.15) is 0 Å². The molecule has 7 heteroatoms. The molecule has 0 aromatic rings. The van der Waals surface area contributed by atoms with Gasteiger partial charge in [-0.15, -0.1) is 17.0 Å². The Bertz CT molecular complexity index is 94.9. The maximum atomic E-state index is 8.74. The molecule has 0 amide bonds. The molecule has 0 aliphatic carbocycles. The first kappa shape index (κ1) is 15.7. The summed E-state index contributed by atoms with van der Waals surface area (Å²) < 4.78 is 31.6. The zero-order valence-electron chi connectivity index (χ0n) is 2.53. The van der Waals surface area contributed by atoms with Gasteiger partial charge >= 0.3 is 33.5 Å². The van der Waals surface area contributed by atoms with Crippen LogP contribution >= 0.6 is 17.0 Å². The van der Waals surface area contributed by atoms with Crippen LogP contribution in [0.2, 0.25) is 0 Å². The van der Waals surface area contributed by atoms with E-state index in [1.165, 1.54) is 0 Å². The average Bonchev–Trinajstić information content (AvgIpc) is 0.722. The fourth-order valence-corrected chi connectivity index (χ4v) is 0. The van der Waals surface area contributed by atoms with Crippen molar-refractivity contribution in [2.45, 2.75) is 0 Å². The van der Waals surface area contributed by atoms with Crippen LogP contribution < -0.4 is 0 Å². The van der Waals surface area contributed by atoms with Crippen molar-refractivity contribution in [3.63, 3.8) is 0 Å². The molecule has 2 N–H and O–H groups in total. The molecule has 0 radical (unpaired) electrons. The molecule has 0 bridgehead atoms. The molecular weight excluding hydrogens is 200 g/mol. The fourth-order valence-electron chi connectivity index (χ4n) is 0. The van der Waals surface area contributed by atoms with Crippen molar-refractivity contribution in [2.24, 2.45) is 0 Å². The van der Waals surface area contributed by atoms with Crippen LogP contribution in [0, 0.1) is 0 Å². The van der Waals surface area contributed by atoms with Gasteiger partial charge in [-0.2, -0.15) is 8.42 Å². The van der Waals surface area contributed by atoms with Crippen molar-refractivity contribution in [3.05, 3.63) is 0 Å². The molecule has 0 atom stereocenters. The summed E-state index contributed by atoms with van der Waals surface area (Å²) in [6.07, 6.45) is 0. The van der Waals surface area contributed by atoms with Gasteiger partial charge in [0.25, 0.3) is 0 Å². The lowest BCUT2D eigenvalue weighted by Gasteiger charge is -1.68. The van der Waals surface area contributed by atoms with E-state index in [-0.39, 0.29) is 40.0 Å². The number of halogens is 1. The molecule has 0 spiro atoms. The second-order valence-electron chi connectivity index (χ2n) is 0.448. The smallest absolute Gasteiger partial charge is 0.264 e. The third-order valence-electron chi connectivity index (χ3n) is 0. The Balaban J connectivity index is -0.0000000800. The quantitative estimate of drug-likeness (QED) is 0.393. The van der Waals surface area contributed by atoms with Gasteiger partial charge in [-0.05, 0) is 0 Å².